The van der Waals surface area contributed by atoms with Crippen LogP contribution in [-0.4, -0.2) is 11.9 Å². The molecule has 0 saturated heterocycles. The first-order valence-corrected chi connectivity index (χ1v) is 8.19. The summed E-state index contributed by atoms with van der Waals surface area (Å²) < 4.78 is 0. The molecule has 3 unspecified atom stereocenters. The first-order valence-electron chi connectivity index (χ1n) is 7.31. The topological polar surface area (TPSA) is 55.1 Å². The minimum atomic E-state index is -0.00323. The molecular weight excluding hydrogens is 256 g/mol. The molecule has 0 aliphatic heterocycles. The van der Waals surface area contributed by atoms with E-state index in [4.69, 9.17) is 5.73 Å². The van der Waals surface area contributed by atoms with Gasteiger partial charge in [-0.3, -0.25) is 4.79 Å². The predicted octanol–water partition coefficient (Wildman–Crippen LogP) is 3.22. The van der Waals surface area contributed by atoms with Gasteiger partial charge in [0.15, 0.2) is 0 Å². The Bertz CT molecular complexity index is 391. The van der Waals surface area contributed by atoms with Gasteiger partial charge in [-0.15, -0.1) is 11.3 Å². The van der Waals surface area contributed by atoms with E-state index in [1.807, 2.05) is 6.07 Å². The molecule has 0 spiro atoms. The fourth-order valence-electron chi connectivity index (χ4n) is 2.80. The normalized spacial score (nSPS) is 25.6. The Balaban J connectivity index is 1.98. The van der Waals surface area contributed by atoms with Gasteiger partial charge >= 0.3 is 0 Å². The molecule has 1 aliphatic carbocycles. The van der Waals surface area contributed by atoms with Crippen LogP contribution in [0.2, 0.25) is 0 Å². The monoisotopic (exact) mass is 280 g/mol. The molecule has 3 nitrogen and oxygen atoms in total. The molecule has 3 N–H and O–H groups in total. The summed E-state index contributed by atoms with van der Waals surface area (Å²) in [4.78, 5) is 13.7. The summed E-state index contributed by atoms with van der Waals surface area (Å²) in [7, 11) is 0. The average molecular weight is 280 g/mol. The number of hydrogen-bond donors (Lipinski definition) is 2. The van der Waals surface area contributed by atoms with Crippen LogP contribution in [0, 0.1) is 5.92 Å². The number of carbonyl (C=O) groups excluding carboxylic acids is 1. The zero-order valence-corrected chi connectivity index (χ0v) is 12.4. The largest absolute Gasteiger partial charge is 0.348 e. The van der Waals surface area contributed by atoms with Gasteiger partial charge in [0.25, 0.3) is 0 Å². The van der Waals surface area contributed by atoms with Crippen molar-refractivity contribution in [3.05, 3.63) is 22.4 Å². The highest BCUT2D eigenvalue weighted by molar-refractivity contribution is 7.10. The van der Waals surface area contributed by atoms with E-state index in [9.17, 15) is 4.79 Å². The molecule has 0 bridgehead atoms. The van der Waals surface area contributed by atoms with E-state index in [1.54, 1.807) is 11.3 Å². The molecule has 19 heavy (non-hydrogen) atoms. The van der Waals surface area contributed by atoms with Gasteiger partial charge < -0.3 is 11.1 Å². The number of carbonyl (C=O) groups is 1. The van der Waals surface area contributed by atoms with Crippen molar-refractivity contribution in [3.63, 3.8) is 0 Å². The van der Waals surface area contributed by atoms with Crippen LogP contribution in [0.3, 0.4) is 0 Å². The van der Waals surface area contributed by atoms with Crippen LogP contribution in [0.25, 0.3) is 0 Å². The van der Waals surface area contributed by atoms with Gasteiger partial charge in [-0.05, 0) is 30.7 Å². The third-order valence-electron chi connectivity index (χ3n) is 4.02. The van der Waals surface area contributed by atoms with Gasteiger partial charge in [-0.1, -0.05) is 32.3 Å². The number of rotatable bonds is 4. The van der Waals surface area contributed by atoms with Gasteiger partial charge in [-0.25, -0.2) is 0 Å². The lowest BCUT2D eigenvalue weighted by molar-refractivity contribution is -0.126. The summed E-state index contributed by atoms with van der Waals surface area (Å²) in [6, 6.07) is 4.30. The van der Waals surface area contributed by atoms with Crippen LogP contribution < -0.4 is 11.1 Å². The van der Waals surface area contributed by atoms with Crippen molar-refractivity contribution in [2.75, 3.05) is 0 Å². The fourth-order valence-corrected chi connectivity index (χ4v) is 3.67. The lowest BCUT2D eigenvalue weighted by atomic mass is 9.94. The molecule has 4 heteroatoms. The summed E-state index contributed by atoms with van der Waals surface area (Å²) >= 11 is 1.70. The van der Waals surface area contributed by atoms with Crippen molar-refractivity contribution in [3.8, 4) is 0 Å². The molecule has 1 aromatic heterocycles. The van der Waals surface area contributed by atoms with E-state index in [0.717, 1.165) is 32.1 Å². The van der Waals surface area contributed by atoms with Gasteiger partial charge in [0.2, 0.25) is 5.91 Å². The van der Waals surface area contributed by atoms with E-state index in [0.29, 0.717) is 0 Å². The van der Waals surface area contributed by atoms with Crippen molar-refractivity contribution in [2.24, 2.45) is 11.7 Å². The third kappa shape index (κ3) is 3.80. The highest BCUT2D eigenvalue weighted by Crippen LogP contribution is 2.26. The van der Waals surface area contributed by atoms with Crippen molar-refractivity contribution < 1.29 is 4.79 Å². The van der Waals surface area contributed by atoms with Gasteiger partial charge in [0.05, 0.1) is 12.0 Å². The number of nitrogens with one attached hydrogen (secondary N) is 1. The maximum absolute atomic E-state index is 12.4. The Hall–Kier alpha value is -0.870. The number of amides is 1. The Kier molecular flexibility index (Phi) is 5.40. The standard InChI is InChI=1S/C15H24N2OS/c1-2-13(14-9-6-10-19-14)17-15(18)11-7-4-3-5-8-12(11)16/h6,9-13H,2-5,7-8,16H2,1H3,(H,17,18). The second kappa shape index (κ2) is 7.06. The van der Waals surface area contributed by atoms with Crippen molar-refractivity contribution in [1.82, 2.24) is 5.32 Å². The highest BCUT2D eigenvalue weighted by Gasteiger charge is 2.28. The summed E-state index contributed by atoms with van der Waals surface area (Å²) in [5.74, 6) is 0.145. The number of nitrogens with two attached hydrogens (primary N) is 1. The first-order chi connectivity index (χ1) is 9.22. The third-order valence-corrected chi connectivity index (χ3v) is 5.00. The van der Waals surface area contributed by atoms with E-state index < -0.39 is 0 Å². The van der Waals surface area contributed by atoms with Gasteiger partial charge in [0, 0.05) is 10.9 Å². The summed E-state index contributed by atoms with van der Waals surface area (Å²) in [5.41, 5.74) is 6.16. The second-order valence-corrected chi connectivity index (χ2v) is 6.37. The fraction of sp³-hybridized carbons (Fsp3) is 0.667. The van der Waals surface area contributed by atoms with E-state index >= 15 is 0 Å². The summed E-state index contributed by atoms with van der Waals surface area (Å²) in [6.07, 6.45) is 6.34. The van der Waals surface area contributed by atoms with Crippen LogP contribution in [0.5, 0.6) is 0 Å². The molecule has 1 aliphatic rings. The number of hydrogen-bond acceptors (Lipinski definition) is 3. The molecule has 1 heterocycles. The molecule has 1 saturated carbocycles. The van der Waals surface area contributed by atoms with Crippen molar-refractivity contribution >= 4 is 17.2 Å². The van der Waals surface area contributed by atoms with Crippen LogP contribution in [0.1, 0.15) is 56.4 Å². The Morgan fingerprint density at radius 1 is 1.47 bits per heavy atom. The first kappa shape index (κ1) is 14.5. The molecule has 0 aromatic carbocycles. The molecule has 1 amide bonds. The van der Waals surface area contributed by atoms with Crippen LogP contribution >= 0.6 is 11.3 Å². The number of thiophene rings is 1. The Labute approximate surface area is 119 Å². The zero-order valence-electron chi connectivity index (χ0n) is 11.6. The molecule has 106 valence electrons. The smallest absolute Gasteiger partial charge is 0.225 e. The maximum Gasteiger partial charge on any atom is 0.225 e. The molecule has 1 fully saturated rings. The van der Waals surface area contributed by atoms with Gasteiger partial charge in [-0.2, -0.15) is 0 Å². The Morgan fingerprint density at radius 3 is 2.95 bits per heavy atom. The lowest BCUT2D eigenvalue weighted by Gasteiger charge is -2.24. The average Bonchev–Trinajstić information content (AvgIpc) is 2.85. The molecule has 1 aromatic rings. The SMILES string of the molecule is CCC(NC(=O)C1CCCCCC1N)c1cccs1. The van der Waals surface area contributed by atoms with Crippen LogP contribution in [0.15, 0.2) is 17.5 Å². The lowest BCUT2D eigenvalue weighted by Crippen LogP contribution is -2.42. The molecule has 0 radical (unpaired) electrons. The zero-order chi connectivity index (χ0) is 13.7. The molecule has 2 rings (SSSR count). The van der Waals surface area contributed by atoms with Crippen LogP contribution in [0.4, 0.5) is 0 Å². The Morgan fingerprint density at radius 2 is 2.26 bits per heavy atom. The van der Waals surface area contributed by atoms with E-state index in [2.05, 4.69) is 23.7 Å². The molecular formula is C15H24N2OS. The second-order valence-electron chi connectivity index (χ2n) is 5.39. The van der Waals surface area contributed by atoms with E-state index in [-0.39, 0.29) is 23.9 Å². The van der Waals surface area contributed by atoms with Crippen molar-refractivity contribution in [1.29, 1.82) is 0 Å². The minimum Gasteiger partial charge on any atom is -0.348 e. The highest BCUT2D eigenvalue weighted by atomic mass is 32.1. The predicted molar refractivity (Wildman–Crippen MR) is 80.0 cm³/mol. The molecule has 3 atom stereocenters. The van der Waals surface area contributed by atoms with Crippen molar-refractivity contribution in [2.45, 2.75) is 57.5 Å². The maximum atomic E-state index is 12.4. The van der Waals surface area contributed by atoms with E-state index in [1.165, 1.54) is 11.3 Å². The quantitative estimate of drug-likeness (QED) is 0.832. The summed E-state index contributed by atoms with van der Waals surface area (Å²) in [5, 5.41) is 5.25. The summed E-state index contributed by atoms with van der Waals surface area (Å²) in [6.45, 7) is 2.11. The van der Waals surface area contributed by atoms with Gasteiger partial charge in [0.1, 0.15) is 0 Å². The van der Waals surface area contributed by atoms with Crippen LogP contribution in [-0.2, 0) is 4.79 Å². The minimum absolute atomic E-state index is 0.00323.